The lowest BCUT2D eigenvalue weighted by atomic mass is 9.84. The molecule has 0 N–H and O–H groups in total. The first-order chi connectivity index (χ1) is 18.5. The standard InChI is InChI=1S/C33H40N4O/c1-26(35-37-24-32(37)29-17-11-6-12-18-29)19-20-30(33(2,3)38-25-27-13-7-4-8-14-27)21-22-34-36-23-31(36)28-15-9-5-10-16-28/h4-18,22,30-32H,19-21,23-25H2,1-3H3/b34-22+,35-26+. The highest BCUT2D eigenvalue weighted by Gasteiger charge is 2.36. The van der Waals surface area contributed by atoms with Crippen molar-refractivity contribution in [1.29, 1.82) is 0 Å². The molecule has 2 aliphatic heterocycles. The summed E-state index contributed by atoms with van der Waals surface area (Å²) in [6.07, 6.45) is 4.94. The molecule has 2 saturated heterocycles. The fourth-order valence-corrected chi connectivity index (χ4v) is 5.05. The highest BCUT2D eigenvalue weighted by molar-refractivity contribution is 5.81. The predicted molar refractivity (Wildman–Crippen MR) is 156 cm³/mol. The van der Waals surface area contributed by atoms with Gasteiger partial charge >= 0.3 is 0 Å². The van der Waals surface area contributed by atoms with Crippen molar-refractivity contribution < 1.29 is 4.74 Å². The van der Waals surface area contributed by atoms with E-state index in [-0.39, 0.29) is 5.60 Å². The van der Waals surface area contributed by atoms with E-state index < -0.39 is 0 Å². The SMILES string of the molecule is C/C(CCC(C/C=N/N1CC1c1ccccc1)C(C)(C)OCc1ccccc1)=N\N1CC1c1ccccc1. The zero-order valence-electron chi connectivity index (χ0n) is 22.9. The maximum atomic E-state index is 6.52. The molecule has 0 bridgehead atoms. The van der Waals surface area contributed by atoms with E-state index in [9.17, 15) is 0 Å². The van der Waals surface area contributed by atoms with Crippen LogP contribution in [0.5, 0.6) is 0 Å². The number of rotatable bonds is 13. The van der Waals surface area contributed by atoms with Crippen LogP contribution in [-0.2, 0) is 11.3 Å². The summed E-state index contributed by atoms with van der Waals surface area (Å²) < 4.78 is 6.52. The molecular weight excluding hydrogens is 468 g/mol. The molecule has 0 radical (unpaired) electrons. The molecule has 3 unspecified atom stereocenters. The maximum Gasteiger partial charge on any atom is 0.0912 e. The lowest BCUT2D eigenvalue weighted by Crippen LogP contribution is -2.35. The van der Waals surface area contributed by atoms with Gasteiger partial charge in [-0.05, 0) is 62.6 Å². The summed E-state index contributed by atoms with van der Waals surface area (Å²) in [6.45, 7) is 9.21. The third-order valence-corrected chi connectivity index (χ3v) is 7.75. The van der Waals surface area contributed by atoms with E-state index in [1.807, 2.05) is 6.07 Å². The third-order valence-electron chi connectivity index (χ3n) is 7.75. The summed E-state index contributed by atoms with van der Waals surface area (Å²) in [5, 5.41) is 14.1. The summed E-state index contributed by atoms with van der Waals surface area (Å²) >= 11 is 0. The van der Waals surface area contributed by atoms with E-state index in [2.05, 4.69) is 122 Å². The smallest absolute Gasteiger partial charge is 0.0912 e. The zero-order valence-corrected chi connectivity index (χ0v) is 22.9. The van der Waals surface area contributed by atoms with Crippen molar-refractivity contribution in [3.8, 4) is 0 Å². The lowest BCUT2D eigenvalue weighted by molar-refractivity contribution is -0.0703. The normalized spacial score (nSPS) is 20.1. The van der Waals surface area contributed by atoms with Crippen LogP contribution < -0.4 is 0 Å². The van der Waals surface area contributed by atoms with Crippen molar-refractivity contribution in [3.63, 3.8) is 0 Å². The number of hydrazone groups is 2. The van der Waals surface area contributed by atoms with Gasteiger partial charge in [-0.2, -0.15) is 10.2 Å². The van der Waals surface area contributed by atoms with Crippen LogP contribution in [0.25, 0.3) is 0 Å². The molecule has 3 aromatic rings. The molecule has 5 rings (SSSR count). The van der Waals surface area contributed by atoms with E-state index >= 15 is 0 Å². The van der Waals surface area contributed by atoms with Crippen LogP contribution in [-0.4, -0.2) is 40.6 Å². The number of hydrogen-bond donors (Lipinski definition) is 0. The molecule has 0 spiro atoms. The van der Waals surface area contributed by atoms with Gasteiger partial charge in [-0.1, -0.05) is 91.0 Å². The van der Waals surface area contributed by atoms with Gasteiger partial charge in [-0.25, -0.2) is 0 Å². The molecule has 5 nitrogen and oxygen atoms in total. The zero-order chi connectivity index (χ0) is 26.4. The summed E-state index contributed by atoms with van der Waals surface area (Å²) in [6, 6.07) is 32.6. The first kappa shape index (κ1) is 26.2. The van der Waals surface area contributed by atoms with E-state index in [0.29, 0.717) is 24.6 Å². The van der Waals surface area contributed by atoms with Crippen molar-refractivity contribution in [2.24, 2.45) is 16.1 Å². The van der Waals surface area contributed by atoms with E-state index in [0.717, 1.165) is 32.4 Å². The molecule has 0 aliphatic carbocycles. The van der Waals surface area contributed by atoms with Gasteiger partial charge < -0.3 is 4.74 Å². The van der Waals surface area contributed by atoms with Gasteiger partial charge in [0.1, 0.15) is 0 Å². The molecular formula is C33H40N4O. The summed E-state index contributed by atoms with van der Waals surface area (Å²) in [4.78, 5) is 0. The number of hydrogen-bond acceptors (Lipinski definition) is 5. The second kappa shape index (κ2) is 12.0. The number of ether oxygens (including phenoxy) is 1. The van der Waals surface area contributed by atoms with Gasteiger partial charge in [0.25, 0.3) is 0 Å². The van der Waals surface area contributed by atoms with E-state index in [4.69, 9.17) is 14.9 Å². The Labute approximate surface area is 227 Å². The van der Waals surface area contributed by atoms with Crippen LogP contribution in [0.15, 0.2) is 101 Å². The minimum absolute atomic E-state index is 0.285. The largest absolute Gasteiger partial charge is 0.371 e. The second-order valence-corrected chi connectivity index (χ2v) is 11.1. The quantitative estimate of drug-likeness (QED) is 0.180. The van der Waals surface area contributed by atoms with Crippen molar-refractivity contribution in [3.05, 3.63) is 108 Å². The Kier molecular flexibility index (Phi) is 8.23. The van der Waals surface area contributed by atoms with Crippen molar-refractivity contribution >= 4 is 11.9 Å². The van der Waals surface area contributed by atoms with Crippen LogP contribution in [0.3, 0.4) is 0 Å². The van der Waals surface area contributed by atoms with Gasteiger partial charge in [0.2, 0.25) is 0 Å². The topological polar surface area (TPSA) is 40.0 Å². The predicted octanol–water partition coefficient (Wildman–Crippen LogP) is 7.24. The average molecular weight is 509 g/mol. The third kappa shape index (κ3) is 7.11. The summed E-state index contributed by atoms with van der Waals surface area (Å²) in [5.41, 5.74) is 4.78. The molecule has 38 heavy (non-hydrogen) atoms. The van der Waals surface area contributed by atoms with Crippen LogP contribution in [0.4, 0.5) is 0 Å². The Bertz CT molecular complexity index is 1210. The molecule has 3 aromatic carbocycles. The molecule has 2 fully saturated rings. The van der Waals surface area contributed by atoms with Crippen molar-refractivity contribution in [1.82, 2.24) is 10.0 Å². The highest BCUT2D eigenvalue weighted by Crippen LogP contribution is 2.36. The van der Waals surface area contributed by atoms with Gasteiger partial charge in [0.15, 0.2) is 0 Å². The fraction of sp³-hybridized carbons (Fsp3) is 0.394. The molecule has 0 amide bonds. The van der Waals surface area contributed by atoms with E-state index in [1.54, 1.807) is 0 Å². The minimum atomic E-state index is -0.285. The monoisotopic (exact) mass is 508 g/mol. The van der Waals surface area contributed by atoms with Gasteiger partial charge in [0.05, 0.1) is 37.4 Å². The van der Waals surface area contributed by atoms with Crippen LogP contribution in [0.1, 0.15) is 68.8 Å². The summed E-state index contributed by atoms with van der Waals surface area (Å²) in [7, 11) is 0. The second-order valence-electron chi connectivity index (χ2n) is 11.1. The van der Waals surface area contributed by atoms with Crippen molar-refractivity contribution in [2.75, 3.05) is 13.1 Å². The number of nitrogens with zero attached hydrogens (tertiary/aromatic N) is 4. The Hall–Kier alpha value is -3.44. The minimum Gasteiger partial charge on any atom is -0.371 e. The van der Waals surface area contributed by atoms with Gasteiger partial charge in [-0.15, -0.1) is 0 Å². The Morgan fingerprint density at radius 1 is 0.868 bits per heavy atom. The summed E-state index contributed by atoms with van der Waals surface area (Å²) in [5.74, 6) is 0.328. The molecule has 5 heteroatoms. The average Bonchev–Trinajstić information content (AvgIpc) is 3.87. The van der Waals surface area contributed by atoms with E-state index in [1.165, 1.54) is 22.4 Å². The Morgan fingerprint density at radius 3 is 2.05 bits per heavy atom. The van der Waals surface area contributed by atoms with Crippen LogP contribution in [0, 0.1) is 5.92 Å². The fourth-order valence-electron chi connectivity index (χ4n) is 5.05. The first-order valence-corrected chi connectivity index (χ1v) is 13.9. The van der Waals surface area contributed by atoms with Crippen molar-refractivity contribution in [2.45, 2.75) is 64.3 Å². The first-order valence-electron chi connectivity index (χ1n) is 13.9. The molecule has 198 valence electrons. The highest BCUT2D eigenvalue weighted by atomic mass is 16.5. The number of benzene rings is 3. The van der Waals surface area contributed by atoms with Gasteiger partial charge in [-0.3, -0.25) is 10.0 Å². The molecule has 0 saturated carbocycles. The Morgan fingerprint density at radius 2 is 1.42 bits per heavy atom. The molecule has 2 aliphatic rings. The van der Waals surface area contributed by atoms with Crippen LogP contribution in [0.2, 0.25) is 0 Å². The molecule has 2 heterocycles. The lowest BCUT2D eigenvalue weighted by Gasteiger charge is -2.34. The van der Waals surface area contributed by atoms with Gasteiger partial charge in [0, 0.05) is 11.9 Å². The Balaban J connectivity index is 1.19. The van der Waals surface area contributed by atoms with Crippen LogP contribution >= 0.6 is 0 Å². The maximum absolute atomic E-state index is 6.52. The molecule has 3 atom stereocenters. The molecule has 0 aromatic heterocycles.